The van der Waals surface area contributed by atoms with E-state index >= 15 is 0 Å². The standard InChI is InChI=1S/C12H13N3O3S2/c16-15(17)8-1-2-10-11(5-8)18-12(14-10)13-6-9-7-19-3-4-20-9/h1-2,5,9H,3-4,6-7H2,(H,13,14). The van der Waals surface area contributed by atoms with Gasteiger partial charge in [-0.25, -0.2) is 0 Å². The van der Waals surface area contributed by atoms with E-state index in [0.717, 1.165) is 12.3 Å². The van der Waals surface area contributed by atoms with Crippen molar-refractivity contribution >= 4 is 46.3 Å². The van der Waals surface area contributed by atoms with Gasteiger partial charge in [-0.1, -0.05) is 0 Å². The average molecular weight is 311 g/mol. The van der Waals surface area contributed by atoms with Gasteiger partial charge in [-0.15, -0.1) is 0 Å². The van der Waals surface area contributed by atoms with Crippen LogP contribution < -0.4 is 5.32 Å². The van der Waals surface area contributed by atoms with Crippen molar-refractivity contribution in [3.8, 4) is 0 Å². The number of fused-ring (bicyclic) bond motifs is 1. The predicted octanol–water partition coefficient (Wildman–Crippen LogP) is 3.00. The molecule has 0 radical (unpaired) electrons. The van der Waals surface area contributed by atoms with E-state index in [1.807, 2.05) is 23.5 Å². The molecule has 0 bridgehead atoms. The lowest BCUT2D eigenvalue weighted by Crippen LogP contribution is -2.23. The number of oxazole rings is 1. The first kappa shape index (κ1) is 13.6. The molecule has 106 valence electrons. The Morgan fingerprint density at radius 3 is 3.15 bits per heavy atom. The Labute approximate surface area is 123 Å². The molecule has 0 aliphatic carbocycles. The zero-order chi connectivity index (χ0) is 13.9. The molecule has 1 aromatic carbocycles. The van der Waals surface area contributed by atoms with Crippen LogP contribution in [-0.2, 0) is 0 Å². The Morgan fingerprint density at radius 1 is 1.50 bits per heavy atom. The summed E-state index contributed by atoms with van der Waals surface area (Å²) < 4.78 is 5.51. The summed E-state index contributed by atoms with van der Waals surface area (Å²) in [5.41, 5.74) is 1.08. The number of thioether (sulfide) groups is 2. The van der Waals surface area contributed by atoms with Crippen LogP contribution in [0.1, 0.15) is 0 Å². The van der Waals surface area contributed by atoms with Gasteiger partial charge in [0.1, 0.15) is 5.52 Å². The van der Waals surface area contributed by atoms with Gasteiger partial charge in [0.15, 0.2) is 5.58 Å². The summed E-state index contributed by atoms with van der Waals surface area (Å²) in [6.45, 7) is 0.798. The van der Waals surface area contributed by atoms with Crippen molar-refractivity contribution in [3.63, 3.8) is 0 Å². The van der Waals surface area contributed by atoms with Gasteiger partial charge in [-0.2, -0.15) is 28.5 Å². The van der Waals surface area contributed by atoms with E-state index in [4.69, 9.17) is 4.42 Å². The first-order valence-corrected chi connectivity index (χ1v) is 8.41. The topological polar surface area (TPSA) is 81.2 Å². The Hall–Kier alpha value is -1.41. The fourth-order valence-electron chi connectivity index (χ4n) is 1.96. The number of benzene rings is 1. The molecular formula is C12H13N3O3S2. The Balaban J connectivity index is 1.70. The van der Waals surface area contributed by atoms with Gasteiger partial charge in [0.2, 0.25) is 0 Å². The second-order valence-corrected chi connectivity index (χ2v) is 6.93. The first-order valence-electron chi connectivity index (χ1n) is 6.20. The van der Waals surface area contributed by atoms with Gasteiger partial charge in [0.25, 0.3) is 11.7 Å². The van der Waals surface area contributed by atoms with Crippen LogP contribution in [0.25, 0.3) is 11.1 Å². The largest absolute Gasteiger partial charge is 0.423 e. The zero-order valence-corrected chi connectivity index (χ0v) is 12.2. The molecule has 1 saturated heterocycles. The molecule has 1 N–H and O–H groups in total. The molecule has 1 fully saturated rings. The van der Waals surface area contributed by atoms with Gasteiger partial charge in [0, 0.05) is 35.1 Å². The van der Waals surface area contributed by atoms with Crippen LogP contribution in [0, 0.1) is 10.1 Å². The second kappa shape index (κ2) is 5.92. The van der Waals surface area contributed by atoms with Crippen LogP contribution in [0.15, 0.2) is 22.6 Å². The van der Waals surface area contributed by atoms with Crippen molar-refractivity contribution in [2.45, 2.75) is 5.25 Å². The van der Waals surface area contributed by atoms with E-state index in [1.54, 1.807) is 6.07 Å². The molecule has 1 aliphatic rings. The minimum absolute atomic E-state index is 0.0134. The second-order valence-electron chi connectivity index (χ2n) is 4.38. The molecule has 1 unspecified atom stereocenters. The van der Waals surface area contributed by atoms with E-state index in [1.165, 1.54) is 23.6 Å². The van der Waals surface area contributed by atoms with Gasteiger partial charge in [-0.05, 0) is 6.07 Å². The minimum atomic E-state index is -0.440. The fraction of sp³-hybridized carbons (Fsp3) is 0.417. The first-order chi connectivity index (χ1) is 9.72. The highest BCUT2D eigenvalue weighted by Crippen LogP contribution is 2.26. The summed E-state index contributed by atoms with van der Waals surface area (Å²) >= 11 is 3.92. The zero-order valence-electron chi connectivity index (χ0n) is 10.6. The number of hydrogen-bond acceptors (Lipinski definition) is 7. The van der Waals surface area contributed by atoms with E-state index in [2.05, 4.69) is 10.3 Å². The van der Waals surface area contributed by atoms with Gasteiger partial charge >= 0.3 is 0 Å². The highest BCUT2D eigenvalue weighted by molar-refractivity contribution is 8.06. The lowest BCUT2D eigenvalue weighted by Gasteiger charge is -2.20. The normalized spacial score (nSPS) is 19.1. The molecule has 1 atom stereocenters. The quantitative estimate of drug-likeness (QED) is 0.686. The lowest BCUT2D eigenvalue weighted by atomic mass is 10.3. The number of nitrogens with zero attached hydrogens (tertiary/aromatic N) is 2. The van der Waals surface area contributed by atoms with Crippen molar-refractivity contribution < 1.29 is 9.34 Å². The molecule has 2 heterocycles. The number of aromatic nitrogens is 1. The van der Waals surface area contributed by atoms with Crippen molar-refractivity contribution in [1.29, 1.82) is 0 Å². The molecule has 0 amide bonds. The van der Waals surface area contributed by atoms with E-state index < -0.39 is 4.92 Å². The molecule has 20 heavy (non-hydrogen) atoms. The van der Waals surface area contributed by atoms with E-state index in [9.17, 15) is 10.1 Å². The fourth-order valence-corrected chi connectivity index (χ4v) is 4.57. The van der Waals surface area contributed by atoms with Crippen LogP contribution in [0.4, 0.5) is 11.7 Å². The monoisotopic (exact) mass is 311 g/mol. The molecule has 1 aromatic heterocycles. The number of hydrogen-bond donors (Lipinski definition) is 1. The Morgan fingerprint density at radius 2 is 2.40 bits per heavy atom. The smallest absolute Gasteiger partial charge is 0.295 e. The maximum absolute atomic E-state index is 10.7. The van der Waals surface area contributed by atoms with Crippen molar-refractivity contribution in [1.82, 2.24) is 4.98 Å². The third-order valence-corrected chi connectivity index (χ3v) is 5.79. The predicted molar refractivity (Wildman–Crippen MR) is 82.7 cm³/mol. The van der Waals surface area contributed by atoms with Gasteiger partial charge < -0.3 is 9.73 Å². The van der Waals surface area contributed by atoms with E-state index in [0.29, 0.717) is 22.4 Å². The SMILES string of the molecule is O=[N+]([O-])c1ccc2nc(NCC3CSCCS3)oc2c1. The van der Waals surface area contributed by atoms with Crippen LogP contribution in [0.5, 0.6) is 0 Å². The summed E-state index contributed by atoms with van der Waals surface area (Å²) in [7, 11) is 0. The molecule has 8 heteroatoms. The van der Waals surface area contributed by atoms with Gasteiger partial charge in [-0.3, -0.25) is 10.1 Å². The minimum Gasteiger partial charge on any atom is -0.423 e. The third kappa shape index (κ3) is 3.01. The van der Waals surface area contributed by atoms with Crippen LogP contribution in [-0.4, -0.2) is 39.0 Å². The number of nitrogens with one attached hydrogen (secondary N) is 1. The summed E-state index contributed by atoms with van der Waals surface area (Å²) in [5, 5.41) is 14.4. The molecule has 2 aromatic rings. The van der Waals surface area contributed by atoms with Crippen LogP contribution in [0.3, 0.4) is 0 Å². The van der Waals surface area contributed by atoms with E-state index in [-0.39, 0.29) is 5.69 Å². The molecule has 0 spiro atoms. The number of rotatable bonds is 4. The molecule has 6 nitrogen and oxygen atoms in total. The number of nitro benzene ring substituents is 1. The van der Waals surface area contributed by atoms with Crippen molar-refractivity contribution in [2.75, 3.05) is 29.1 Å². The summed E-state index contributed by atoms with van der Waals surface area (Å²) in [5.74, 6) is 3.52. The van der Waals surface area contributed by atoms with Crippen LogP contribution in [0.2, 0.25) is 0 Å². The van der Waals surface area contributed by atoms with Crippen molar-refractivity contribution in [3.05, 3.63) is 28.3 Å². The Bertz CT molecular complexity index is 625. The highest BCUT2D eigenvalue weighted by atomic mass is 32.2. The molecule has 0 saturated carbocycles. The number of non-ortho nitro benzene ring substituents is 1. The molecular weight excluding hydrogens is 298 g/mol. The lowest BCUT2D eigenvalue weighted by molar-refractivity contribution is -0.384. The van der Waals surface area contributed by atoms with Crippen LogP contribution >= 0.6 is 23.5 Å². The highest BCUT2D eigenvalue weighted by Gasteiger charge is 2.16. The Kier molecular flexibility index (Phi) is 4.02. The third-order valence-electron chi connectivity index (χ3n) is 2.95. The number of anilines is 1. The maximum atomic E-state index is 10.7. The molecule has 1 aliphatic heterocycles. The maximum Gasteiger partial charge on any atom is 0.295 e. The van der Waals surface area contributed by atoms with Crippen molar-refractivity contribution in [2.24, 2.45) is 0 Å². The summed E-state index contributed by atoms with van der Waals surface area (Å²) in [6.07, 6.45) is 0. The summed E-state index contributed by atoms with van der Waals surface area (Å²) in [6, 6.07) is 4.87. The molecule has 3 rings (SSSR count). The average Bonchev–Trinajstić information content (AvgIpc) is 2.88. The summed E-state index contributed by atoms with van der Waals surface area (Å²) in [4.78, 5) is 14.5. The number of nitro groups is 1. The van der Waals surface area contributed by atoms with Gasteiger partial charge in [0.05, 0.1) is 11.0 Å².